The summed E-state index contributed by atoms with van der Waals surface area (Å²) in [5.41, 5.74) is 3.20. The molecule has 120 valence electrons. The first-order valence-electron chi connectivity index (χ1n) is 7.87. The molecule has 0 bridgehead atoms. The number of anilines is 4. The molecule has 2 heterocycles. The zero-order valence-electron chi connectivity index (χ0n) is 13.0. The van der Waals surface area contributed by atoms with Gasteiger partial charge in [0.2, 0.25) is 5.95 Å². The Morgan fingerprint density at radius 1 is 1.04 bits per heavy atom. The second-order valence-corrected chi connectivity index (χ2v) is 5.65. The first-order valence-corrected chi connectivity index (χ1v) is 7.87. The van der Waals surface area contributed by atoms with Crippen molar-refractivity contribution in [2.75, 3.05) is 16.8 Å². The Kier molecular flexibility index (Phi) is 3.78. The Morgan fingerprint density at radius 2 is 1.88 bits per heavy atom. The molecule has 5 nitrogen and oxygen atoms in total. The fourth-order valence-corrected chi connectivity index (χ4v) is 2.91. The number of benzene rings is 2. The lowest BCUT2D eigenvalue weighted by molar-refractivity contribution is 0.628. The molecule has 1 aromatic heterocycles. The molecule has 1 N–H and O–H groups in total. The SMILES string of the molecule is Fc1ccc(Nc2nncc(N3CCCc4ccccc43)n2)cc1. The molecule has 6 heteroatoms. The van der Waals surface area contributed by atoms with Crippen LogP contribution in [0.15, 0.2) is 54.7 Å². The van der Waals surface area contributed by atoms with E-state index in [2.05, 4.69) is 43.6 Å². The van der Waals surface area contributed by atoms with Crippen LogP contribution in [0.1, 0.15) is 12.0 Å². The number of aryl methyl sites for hydroxylation is 1. The Hall–Kier alpha value is -3.02. The van der Waals surface area contributed by atoms with Gasteiger partial charge in [-0.15, -0.1) is 5.10 Å². The van der Waals surface area contributed by atoms with E-state index in [1.54, 1.807) is 18.3 Å². The molecule has 0 amide bonds. The molecule has 0 saturated heterocycles. The van der Waals surface area contributed by atoms with E-state index in [1.165, 1.54) is 17.7 Å². The van der Waals surface area contributed by atoms with E-state index >= 15 is 0 Å². The summed E-state index contributed by atoms with van der Waals surface area (Å²) in [6.07, 6.45) is 3.81. The molecular formula is C18H16FN5. The van der Waals surface area contributed by atoms with E-state index in [-0.39, 0.29) is 5.82 Å². The van der Waals surface area contributed by atoms with Crippen LogP contribution in [0.2, 0.25) is 0 Å². The van der Waals surface area contributed by atoms with Crippen LogP contribution in [0.5, 0.6) is 0 Å². The topological polar surface area (TPSA) is 53.9 Å². The average molecular weight is 321 g/mol. The highest BCUT2D eigenvalue weighted by molar-refractivity contribution is 5.65. The van der Waals surface area contributed by atoms with Crippen LogP contribution < -0.4 is 10.2 Å². The first kappa shape index (κ1) is 14.6. The molecule has 0 unspecified atom stereocenters. The zero-order valence-corrected chi connectivity index (χ0v) is 13.0. The largest absolute Gasteiger partial charge is 0.325 e. The Bertz CT molecular complexity index is 850. The molecule has 1 aliphatic rings. The zero-order chi connectivity index (χ0) is 16.4. The van der Waals surface area contributed by atoms with Crippen molar-refractivity contribution in [2.24, 2.45) is 0 Å². The molecule has 3 aromatic rings. The highest BCUT2D eigenvalue weighted by Gasteiger charge is 2.19. The van der Waals surface area contributed by atoms with Gasteiger partial charge in [-0.3, -0.25) is 0 Å². The lowest BCUT2D eigenvalue weighted by Crippen LogP contribution is -2.25. The van der Waals surface area contributed by atoms with E-state index in [0.29, 0.717) is 5.95 Å². The van der Waals surface area contributed by atoms with Crippen molar-refractivity contribution >= 4 is 23.1 Å². The first-order chi connectivity index (χ1) is 11.8. The summed E-state index contributed by atoms with van der Waals surface area (Å²) in [5, 5.41) is 11.1. The number of nitrogens with zero attached hydrogens (tertiary/aromatic N) is 4. The van der Waals surface area contributed by atoms with Gasteiger partial charge in [-0.1, -0.05) is 18.2 Å². The predicted molar refractivity (Wildman–Crippen MR) is 91.3 cm³/mol. The number of para-hydroxylation sites is 1. The van der Waals surface area contributed by atoms with Crippen LogP contribution in [0.4, 0.5) is 27.5 Å². The summed E-state index contributed by atoms with van der Waals surface area (Å²) in [5.74, 6) is 0.863. The van der Waals surface area contributed by atoms with Crippen LogP contribution in [0, 0.1) is 5.82 Å². The van der Waals surface area contributed by atoms with E-state index in [4.69, 9.17) is 0 Å². The quantitative estimate of drug-likeness (QED) is 0.794. The number of aromatic nitrogens is 3. The number of hydrogen-bond acceptors (Lipinski definition) is 5. The van der Waals surface area contributed by atoms with Gasteiger partial charge < -0.3 is 10.2 Å². The molecule has 24 heavy (non-hydrogen) atoms. The third-order valence-electron chi connectivity index (χ3n) is 4.03. The molecule has 1 aliphatic heterocycles. The third kappa shape index (κ3) is 2.90. The van der Waals surface area contributed by atoms with Gasteiger partial charge in [-0.2, -0.15) is 10.1 Å². The lowest BCUT2D eigenvalue weighted by Gasteiger charge is -2.30. The molecule has 0 saturated carbocycles. The van der Waals surface area contributed by atoms with Gasteiger partial charge in [-0.25, -0.2) is 4.39 Å². The van der Waals surface area contributed by atoms with Gasteiger partial charge in [0.25, 0.3) is 0 Å². The molecule has 0 spiro atoms. The van der Waals surface area contributed by atoms with Crippen molar-refractivity contribution in [3.05, 3.63) is 66.1 Å². The second kappa shape index (κ2) is 6.23. The summed E-state index contributed by atoms with van der Waals surface area (Å²) in [6.45, 7) is 0.895. The fourth-order valence-electron chi connectivity index (χ4n) is 2.91. The van der Waals surface area contributed by atoms with Gasteiger partial charge in [-0.05, 0) is 48.7 Å². The molecular weight excluding hydrogens is 305 g/mol. The third-order valence-corrected chi connectivity index (χ3v) is 4.03. The van der Waals surface area contributed by atoms with Crippen molar-refractivity contribution in [1.29, 1.82) is 0 Å². The highest BCUT2D eigenvalue weighted by atomic mass is 19.1. The number of fused-ring (bicyclic) bond motifs is 1. The molecule has 0 aliphatic carbocycles. The van der Waals surface area contributed by atoms with E-state index in [9.17, 15) is 4.39 Å². The van der Waals surface area contributed by atoms with Gasteiger partial charge in [0.15, 0.2) is 5.82 Å². The number of rotatable bonds is 3. The van der Waals surface area contributed by atoms with Crippen molar-refractivity contribution < 1.29 is 4.39 Å². The molecule has 2 aromatic carbocycles. The molecule has 0 atom stereocenters. The monoisotopic (exact) mass is 321 g/mol. The van der Waals surface area contributed by atoms with Gasteiger partial charge in [0.05, 0.1) is 6.20 Å². The van der Waals surface area contributed by atoms with Gasteiger partial charge >= 0.3 is 0 Å². The highest BCUT2D eigenvalue weighted by Crippen LogP contribution is 2.32. The number of nitrogens with one attached hydrogen (secondary N) is 1. The Morgan fingerprint density at radius 3 is 2.75 bits per heavy atom. The smallest absolute Gasteiger partial charge is 0.249 e. The van der Waals surface area contributed by atoms with Crippen LogP contribution in [-0.4, -0.2) is 21.7 Å². The van der Waals surface area contributed by atoms with Crippen molar-refractivity contribution in [3.8, 4) is 0 Å². The van der Waals surface area contributed by atoms with Gasteiger partial charge in [0, 0.05) is 17.9 Å². The minimum absolute atomic E-state index is 0.279. The van der Waals surface area contributed by atoms with Crippen LogP contribution in [0.3, 0.4) is 0 Å². The predicted octanol–water partition coefficient (Wildman–Crippen LogP) is 3.84. The van der Waals surface area contributed by atoms with Crippen LogP contribution in [0.25, 0.3) is 0 Å². The summed E-state index contributed by atoms with van der Waals surface area (Å²) < 4.78 is 13.0. The average Bonchev–Trinajstić information content (AvgIpc) is 2.63. The maximum atomic E-state index is 13.0. The van der Waals surface area contributed by atoms with Crippen molar-refractivity contribution in [2.45, 2.75) is 12.8 Å². The summed E-state index contributed by atoms with van der Waals surface area (Å²) in [6, 6.07) is 14.4. The van der Waals surface area contributed by atoms with E-state index in [1.807, 2.05) is 6.07 Å². The second-order valence-electron chi connectivity index (χ2n) is 5.65. The minimum Gasteiger partial charge on any atom is -0.325 e. The lowest BCUT2D eigenvalue weighted by atomic mass is 10.0. The molecule has 4 rings (SSSR count). The minimum atomic E-state index is -0.279. The Labute approximate surface area is 139 Å². The number of halogens is 1. The number of hydrogen-bond donors (Lipinski definition) is 1. The van der Waals surface area contributed by atoms with Gasteiger partial charge in [0.1, 0.15) is 5.82 Å². The maximum absolute atomic E-state index is 13.0. The normalized spacial score (nSPS) is 13.5. The van der Waals surface area contributed by atoms with Crippen molar-refractivity contribution in [1.82, 2.24) is 15.2 Å². The summed E-state index contributed by atoms with van der Waals surface area (Å²) in [4.78, 5) is 6.72. The van der Waals surface area contributed by atoms with Crippen LogP contribution >= 0.6 is 0 Å². The maximum Gasteiger partial charge on any atom is 0.249 e. The standard InChI is InChI=1S/C18H16FN5/c19-14-7-9-15(10-8-14)21-18-22-17(12-20-23-18)24-11-3-5-13-4-1-2-6-16(13)24/h1-2,4,6-10,12H,3,5,11H2,(H,21,22,23). The van der Waals surface area contributed by atoms with E-state index < -0.39 is 0 Å². The van der Waals surface area contributed by atoms with Crippen LogP contribution in [-0.2, 0) is 6.42 Å². The van der Waals surface area contributed by atoms with E-state index in [0.717, 1.165) is 36.6 Å². The Balaban J connectivity index is 1.62. The fraction of sp³-hybridized carbons (Fsp3) is 0.167. The summed E-state index contributed by atoms with van der Waals surface area (Å²) in [7, 11) is 0. The van der Waals surface area contributed by atoms with Crippen molar-refractivity contribution in [3.63, 3.8) is 0 Å². The molecule has 0 fully saturated rings. The summed E-state index contributed by atoms with van der Waals surface area (Å²) >= 11 is 0. The molecule has 0 radical (unpaired) electrons.